The van der Waals surface area contributed by atoms with Crippen LogP contribution in [0.3, 0.4) is 0 Å². The van der Waals surface area contributed by atoms with Crippen molar-refractivity contribution in [3.63, 3.8) is 0 Å². The summed E-state index contributed by atoms with van der Waals surface area (Å²) in [7, 11) is 0. The topological polar surface area (TPSA) is 72.9 Å². The van der Waals surface area contributed by atoms with Gasteiger partial charge in [0.15, 0.2) is 11.5 Å². The van der Waals surface area contributed by atoms with Crippen molar-refractivity contribution in [2.75, 3.05) is 6.61 Å². The molecule has 0 unspecified atom stereocenters. The summed E-state index contributed by atoms with van der Waals surface area (Å²) in [6, 6.07) is 19.1. The summed E-state index contributed by atoms with van der Waals surface area (Å²) in [6.45, 7) is 4.28. The molecule has 0 N–H and O–H groups in total. The van der Waals surface area contributed by atoms with Crippen LogP contribution in [-0.4, -0.2) is 28.6 Å². The van der Waals surface area contributed by atoms with Gasteiger partial charge in [-0.15, -0.1) is 0 Å². The summed E-state index contributed by atoms with van der Waals surface area (Å²) in [5.74, 6) is -0.239. The second kappa shape index (κ2) is 10.8. The quantitative estimate of drug-likeness (QED) is 0.206. The van der Waals surface area contributed by atoms with Gasteiger partial charge in [0.05, 0.1) is 23.6 Å². The van der Waals surface area contributed by atoms with Crippen LogP contribution in [0.1, 0.15) is 34.0 Å². The first-order valence-corrected chi connectivity index (χ1v) is 12.1. The van der Waals surface area contributed by atoms with Gasteiger partial charge in [0.1, 0.15) is 0 Å². The fourth-order valence-electron chi connectivity index (χ4n) is 3.38. The minimum atomic E-state index is -0.498. The third kappa shape index (κ3) is 5.93. The maximum Gasteiger partial charge on any atom is 0.343 e. The van der Waals surface area contributed by atoms with Gasteiger partial charge in [-0.1, -0.05) is 47.5 Å². The monoisotopic (exact) mass is 507 g/mol. The molecule has 8 heteroatoms. The van der Waals surface area contributed by atoms with Crippen LogP contribution < -0.4 is 9.47 Å². The van der Waals surface area contributed by atoms with Crippen LogP contribution in [-0.2, 0) is 11.3 Å². The highest BCUT2D eigenvalue weighted by Crippen LogP contribution is 2.35. The summed E-state index contributed by atoms with van der Waals surface area (Å²) in [6.07, 6.45) is 1.63. The zero-order valence-electron chi connectivity index (χ0n) is 19.1. The summed E-state index contributed by atoms with van der Waals surface area (Å²) >= 11 is 6.79. The molecule has 0 radical (unpaired) electrons. The molecule has 0 spiro atoms. The Bertz CT molecular complexity index is 1300. The first-order chi connectivity index (χ1) is 16.8. The molecule has 6 nitrogen and oxygen atoms in total. The van der Waals surface area contributed by atoms with Crippen LogP contribution in [0, 0.1) is 6.92 Å². The Morgan fingerprint density at radius 2 is 1.71 bits per heavy atom. The lowest BCUT2D eigenvalue weighted by Crippen LogP contribution is -2.27. The molecule has 3 aromatic rings. The number of thioether (sulfide) groups is 1. The molecule has 1 aliphatic rings. The minimum Gasteiger partial charge on any atom is -0.490 e. The molecule has 2 amide bonds. The molecular formula is C27H22ClNO5S. The highest BCUT2D eigenvalue weighted by atomic mass is 35.5. The number of carbonyl (C=O) groups excluding carboxylic acids is 3. The van der Waals surface area contributed by atoms with E-state index in [1.165, 1.54) is 4.90 Å². The highest BCUT2D eigenvalue weighted by molar-refractivity contribution is 8.18. The molecule has 0 atom stereocenters. The van der Waals surface area contributed by atoms with E-state index >= 15 is 0 Å². The van der Waals surface area contributed by atoms with Crippen LogP contribution in [0.25, 0.3) is 6.08 Å². The zero-order valence-corrected chi connectivity index (χ0v) is 20.7. The molecule has 1 heterocycles. The first kappa shape index (κ1) is 24.6. The summed E-state index contributed by atoms with van der Waals surface area (Å²) < 4.78 is 11.2. The maximum atomic E-state index is 12.9. The van der Waals surface area contributed by atoms with Crippen LogP contribution in [0.2, 0.25) is 5.02 Å². The largest absolute Gasteiger partial charge is 0.490 e. The van der Waals surface area contributed by atoms with E-state index in [0.717, 1.165) is 22.9 Å². The molecule has 0 aromatic heterocycles. The molecular weight excluding hydrogens is 486 g/mol. The number of hydrogen-bond donors (Lipinski definition) is 0. The van der Waals surface area contributed by atoms with Crippen molar-refractivity contribution >= 4 is 46.6 Å². The van der Waals surface area contributed by atoms with Crippen molar-refractivity contribution in [2.45, 2.75) is 20.4 Å². The fraction of sp³-hybridized carbons (Fsp3) is 0.148. The summed E-state index contributed by atoms with van der Waals surface area (Å²) in [4.78, 5) is 39.4. The van der Waals surface area contributed by atoms with E-state index in [0.29, 0.717) is 33.4 Å². The van der Waals surface area contributed by atoms with E-state index in [1.807, 2.05) is 26.0 Å². The number of rotatable bonds is 7. The van der Waals surface area contributed by atoms with Gasteiger partial charge in [0.25, 0.3) is 11.1 Å². The van der Waals surface area contributed by atoms with Crippen LogP contribution >= 0.6 is 23.4 Å². The lowest BCUT2D eigenvalue weighted by Gasteiger charge is -2.13. The molecule has 0 bridgehead atoms. The third-order valence-electron chi connectivity index (χ3n) is 5.18. The molecule has 4 rings (SSSR count). The van der Waals surface area contributed by atoms with Crippen LogP contribution in [0.4, 0.5) is 4.79 Å². The zero-order chi connectivity index (χ0) is 24.9. The molecule has 35 heavy (non-hydrogen) atoms. The van der Waals surface area contributed by atoms with Crippen molar-refractivity contribution in [2.24, 2.45) is 0 Å². The Labute approximate surface area is 212 Å². The SMILES string of the molecule is CCOc1cc(/C=C2\SC(=O)N(Cc3ccc(Cl)cc3)C2=O)ccc1OC(=O)c1ccc(C)cc1. The Kier molecular flexibility index (Phi) is 7.58. The number of halogens is 1. The van der Waals surface area contributed by atoms with Gasteiger partial charge in [0.2, 0.25) is 0 Å². The number of hydrogen-bond acceptors (Lipinski definition) is 6. The number of imide groups is 1. The van der Waals surface area contributed by atoms with E-state index in [2.05, 4.69) is 0 Å². The molecule has 178 valence electrons. The maximum absolute atomic E-state index is 12.9. The van der Waals surface area contributed by atoms with Crippen molar-refractivity contribution in [1.29, 1.82) is 0 Å². The van der Waals surface area contributed by atoms with Gasteiger partial charge in [-0.05, 0) is 79.2 Å². The summed E-state index contributed by atoms with van der Waals surface area (Å²) in [5.41, 5.74) is 2.91. The number of amides is 2. The van der Waals surface area contributed by atoms with Crippen molar-refractivity contribution in [3.8, 4) is 11.5 Å². The third-order valence-corrected chi connectivity index (χ3v) is 6.34. The fourth-order valence-corrected chi connectivity index (χ4v) is 4.34. The van der Waals surface area contributed by atoms with Gasteiger partial charge < -0.3 is 9.47 Å². The van der Waals surface area contributed by atoms with Gasteiger partial charge >= 0.3 is 5.97 Å². The lowest BCUT2D eigenvalue weighted by atomic mass is 10.1. The number of nitrogens with zero attached hydrogens (tertiary/aromatic N) is 1. The van der Waals surface area contributed by atoms with Crippen molar-refractivity contribution in [3.05, 3.63) is 98.9 Å². The predicted octanol–water partition coefficient (Wildman–Crippen LogP) is 6.50. The first-order valence-electron chi connectivity index (χ1n) is 10.9. The molecule has 1 fully saturated rings. The Morgan fingerprint density at radius 3 is 2.40 bits per heavy atom. The number of esters is 1. The average molecular weight is 508 g/mol. The summed E-state index contributed by atoms with van der Waals surface area (Å²) in [5, 5.41) is 0.241. The Morgan fingerprint density at radius 1 is 1.00 bits per heavy atom. The average Bonchev–Trinajstić information content (AvgIpc) is 3.10. The normalized spacial score (nSPS) is 14.5. The van der Waals surface area contributed by atoms with E-state index < -0.39 is 5.97 Å². The van der Waals surface area contributed by atoms with E-state index in [4.69, 9.17) is 21.1 Å². The van der Waals surface area contributed by atoms with E-state index in [1.54, 1.807) is 60.7 Å². The molecule has 3 aromatic carbocycles. The van der Waals surface area contributed by atoms with Gasteiger partial charge in [-0.25, -0.2) is 4.79 Å². The Balaban J connectivity index is 1.52. The van der Waals surface area contributed by atoms with Crippen molar-refractivity contribution in [1.82, 2.24) is 4.90 Å². The smallest absolute Gasteiger partial charge is 0.343 e. The number of benzene rings is 3. The van der Waals surface area contributed by atoms with E-state index in [-0.39, 0.29) is 23.4 Å². The second-order valence-electron chi connectivity index (χ2n) is 7.79. The molecule has 0 saturated carbocycles. The lowest BCUT2D eigenvalue weighted by molar-refractivity contribution is -0.123. The van der Waals surface area contributed by atoms with Gasteiger partial charge in [-0.3, -0.25) is 14.5 Å². The number of aryl methyl sites for hydroxylation is 1. The standard InChI is InChI=1S/C27H22ClNO5S/c1-3-33-23-14-19(8-13-22(23)34-26(31)20-9-4-17(2)5-10-20)15-24-25(30)29(27(32)35-24)16-18-6-11-21(28)12-7-18/h4-15H,3,16H2,1-2H3/b24-15-. The van der Waals surface area contributed by atoms with Gasteiger partial charge in [-0.2, -0.15) is 0 Å². The predicted molar refractivity (Wildman–Crippen MR) is 137 cm³/mol. The molecule has 1 saturated heterocycles. The number of carbonyl (C=O) groups is 3. The van der Waals surface area contributed by atoms with Crippen molar-refractivity contribution < 1.29 is 23.9 Å². The molecule has 1 aliphatic heterocycles. The van der Waals surface area contributed by atoms with Crippen LogP contribution in [0.15, 0.2) is 71.6 Å². The minimum absolute atomic E-state index is 0.164. The number of ether oxygens (including phenoxy) is 2. The van der Waals surface area contributed by atoms with Gasteiger partial charge in [0, 0.05) is 5.02 Å². The Hall–Kier alpha value is -3.55. The van der Waals surface area contributed by atoms with Crippen LogP contribution in [0.5, 0.6) is 11.5 Å². The van der Waals surface area contributed by atoms with E-state index in [9.17, 15) is 14.4 Å². The highest BCUT2D eigenvalue weighted by Gasteiger charge is 2.35. The molecule has 0 aliphatic carbocycles. The second-order valence-corrected chi connectivity index (χ2v) is 9.22.